The zero-order valence-corrected chi connectivity index (χ0v) is 11.9. The van der Waals surface area contributed by atoms with E-state index in [4.69, 9.17) is 10.5 Å². The first-order valence-electron chi connectivity index (χ1n) is 6.22. The van der Waals surface area contributed by atoms with Crippen LogP contribution in [0.25, 0.3) is 21.8 Å². The highest BCUT2D eigenvalue weighted by molar-refractivity contribution is 7.13. The lowest BCUT2D eigenvalue weighted by atomic mass is 10.1. The number of rotatable bonds is 3. The summed E-state index contributed by atoms with van der Waals surface area (Å²) in [4.78, 5) is 4.67. The number of benzene rings is 2. The summed E-state index contributed by atoms with van der Waals surface area (Å²) >= 11 is 1.61. The van der Waals surface area contributed by atoms with Gasteiger partial charge >= 0.3 is 0 Å². The number of aromatic nitrogens is 1. The van der Waals surface area contributed by atoms with Crippen LogP contribution in [0.15, 0.2) is 53.9 Å². The fourth-order valence-corrected chi connectivity index (χ4v) is 2.82. The normalized spacial score (nSPS) is 10.4. The van der Waals surface area contributed by atoms with Gasteiger partial charge in [-0.2, -0.15) is 0 Å². The maximum absolute atomic E-state index is 5.81. The van der Waals surface area contributed by atoms with E-state index in [1.54, 1.807) is 18.4 Å². The van der Waals surface area contributed by atoms with Crippen LogP contribution in [0.3, 0.4) is 0 Å². The molecule has 0 aliphatic carbocycles. The van der Waals surface area contributed by atoms with Crippen LogP contribution >= 0.6 is 11.3 Å². The van der Waals surface area contributed by atoms with Crippen LogP contribution < -0.4 is 10.5 Å². The second kappa shape index (κ2) is 5.35. The smallest absolute Gasteiger partial charge is 0.124 e. The molecule has 4 heteroatoms. The van der Waals surface area contributed by atoms with Gasteiger partial charge < -0.3 is 10.5 Å². The van der Waals surface area contributed by atoms with Gasteiger partial charge in [-0.1, -0.05) is 24.3 Å². The Bertz CT molecular complexity index is 737. The first-order valence-corrected chi connectivity index (χ1v) is 7.10. The highest BCUT2D eigenvalue weighted by Crippen LogP contribution is 2.30. The number of nitrogens with zero attached hydrogens (tertiary/aromatic N) is 1. The fraction of sp³-hybridized carbons (Fsp3) is 0.0625. The molecule has 2 aromatic carbocycles. The first kappa shape index (κ1) is 12.7. The van der Waals surface area contributed by atoms with E-state index < -0.39 is 0 Å². The Morgan fingerprint density at radius 1 is 1.05 bits per heavy atom. The Kier molecular flexibility index (Phi) is 3.39. The Morgan fingerprint density at radius 3 is 2.65 bits per heavy atom. The maximum atomic E-state index is 5.81. The lowest BCUT2D eigenvalue weighted by Gasteiger charge is -2.01. The van der Waals surface area contributed by atoms with E-state index in [2.05, 4.69) is 4.98 Å². The van der Waals surface area contributed by atoms with E-state index >= 15 is 0 Å². The van der Waals surface area contributed by atoms with E-state index in [0.29, 0.717) is 0 Å². The number of hydrogen-bond acceptors (Lipinski definition) is 4. The number of nitrogen functional groups attached to an aromatic ring is 1. The predicted molar refractivity (Wildman–Crippen MR) is 84.0 cm³/mol. The third-order valence-electron chi connectivity index (χ3n) is 3.00. The van der Waals surface area contributed by atoms with Gasteiger partial charge in [-0.05, 0) is 24.3 Å². The van der Waals surface area contributed by atoms with E-state index in [-0.39, 0.29) is 0 Å². The second-order valence-electron chi connectivity index (χ2n) is 4.40. The van der Waals surface area contributed by atoms with Gasteiger partial charge in [-0.25, -0.2) is 4.98 Å². The fourth-order valence-electron chi connectivity index (χ4n) is 1.99. The van der Waals surface area contributed by atoms with Crippen LogP contribution in [0.4, 0.5) is 5.69 Å². The Hall–Kier alpha value is -2.33. The first-order chi connectivity index (χ1) is 9.76. The van der Waals surface area contributed by atoms with Crippen LogP contribution in [0, 0.1) is 0 Å². The van der Waals surface area contributed by atoms with Gasteiger partial charge in [0.1, 0.15) is 10.8 Å². The van der Waals surface area contributed by atoms with Crippen molar-refractivity contribution in [1.82, 2.24) is 4.98 Å². The summed E-state index contributed by atoms with van der Waals surface area (Å²) in [6, 6.07) is 15.7. The van der Waals surface area contributed by atoms with Crippen molar-refractivity contribution in [1.29, 1.82) is 0 Å². The van der Waals surface area contributed by atoms with Gasteiger partial charge in [0, 0.05) is 22.2 Å². The minimum atomic E-state index is 0.751. The second-order valence-corrected chi connectivity index (χ2v) is 5.25. The monoisotopic (exact) mass is 282 g/mol. The van der Waals surface area contributed by atoms with Crippen LogP contribution in [0.1, 0.15) is 0 Å². The molecule has 100 valence electrons. The van der Waals surface area contributed by atoms with Crippen molar-refractivity contribution in [2.75, 3.05) is 12.8 Å². The molecule has 1 heterocycles. The van der Waals surface area contributed by atoms with E-state index in [0.717, 1.165) is 33.3 Å². The molecule has 0 aliphatic rings. The molecular weight excluding hydrogens is 268 g/mol. The molecule has 0 atom stereocenters. The van der Waals surface area contributed by atoms with Crippen LogP contribution in [-0.2, 0) is 0 Å². The molecule has 0 unspecified atom stereocenters. The molecule has 0 amide bonds. The summed E-state index contributed by atoms with van der Waals surface area (Å²) in [5.74, 6) is 0.834. The summed E-state index contributed by atoms with van der Waals surface area (Å²) in [7, 11) is 1.67. The quantitative estimate of drug-likeness (QED) is 0.737. The van der Waals surface area contributed by atoms with E-state index in [1.807, 2.05) is 53.9 Å². The summed E-state index contributed by atoms with van der Waals surface area (Å²) in [6.07, 6.45) is 0. The number of thiazole rings is 1. The number of nitrogens with two attached hydrogens (primary N) is 1. The summed E-state index contributed by atoms with van der Waals surface area (Å²) < 4.78 is 5.24. The SMILES string of the molecule is COc1cccc(-c2csc(-c3cccc(N)c3)n2)c1. The zero-order valence-electron chi connectivity index (χ0n) is 11.0. The Balaban J connectivity index is 1.97. The standard InChI is InChI=1S/C16H14N2OS/c1-19-14-7-3-4-11(9-14)15-10-20-16(18-15)12-5-2-6-13(17)8-12/h2-10H,17H2,1H3. The van der Waals surface area contributed by atoms with Crippen LogP contribution in [0.2, 0.25) is 0 Å². The van der Waals surface area contributed by atoms with Gasteiger partial charge in [0.15, 0.2) is 0 Å². The van der Waals surface area contributed by atoms with Gasteiger partial charge in [0.2, 0.25) is 0 Å². The largest absolute Gasteiger partial charge is 0.497 e. The Morgan fingerprint density at radius 2 is 1.85 bits per heavy atom. The third kappa shape index (κ3) is 2.51. The molecule has 0 aliphatic heterocycles. The predicted octanol–water partition coefficient (Wildman–Crippen LogP) is 4.07. The number of hydrogen-bond donors (Lipinski definition) is 1. The molecule has 0 bridgehead atoms. The molecule has 0 saturated carbocycles. The summed E-state index contributed by atoms with van der Waals surface area (Å²) in [6.45, 7) is 0. The number of ether oxygens (including phenoxy) is 1. The minimum Gasteiger partial charge on any atom is -0.497 e. The van der Waals surface area contributed by atoms with Crippen LogP contribution in [0.5, 0.6) is 5.75 Å². The molecular formula is C16H14N2OS. The van der Waals surface area contributed by atoms with E-state index in [1.165, 1.54) is 0 Å². The lowest BCUT2D eigenvalue weighted by Crippen LogP contribution is -1.85. The molecule has 2 N–H and O–H groups in total. The molecule has 0 radical (unpaired) electrons. The van der Waals surface area contributed by atoms with Crippen molar-refractivity contribution in [3.63, 3.8) is 0 Å². The topological polar surface area (TPSA) is 48.1 Å². The molecule has 3 aromatic rings. The number of anilines is 1. The average Bonchev–Trinajstić information content (AvgIpc) is 2.97. The summed E-state index contributed by atoms with van der Waals surface area (Å²) in [5, 5.41) is 3.02. The van der Waals surface area contributed by atoms with Crippen molar-refractivity contribution in [2.24, 2.45) is 0 Å². The minimum absolute atomic E-state index is 0.751. The van der Waals surface area contributed by atoms with Crippen molar-refractivity contribution in [3.05, 3.63) is 53.9 Å². The molecule has 1 aromatic heterocycles. The molecule has 20 heavy (non-hydrogen) atoms. The number of methoxy groups -OCH3 is 1. The zero-order chi connectivity index (χ0) is 13.9. The maximum Gasteiger partial charge on any atom is 0.124 e. The Labute approximate surface area is 121 Å². The highest BCUT2D eigenvalue weighted by Gasteiger charge is 2.07. The molecule has 3 nitrogen and oxygen atoms in total. The summed E-state index contributed by atoms with van der Waals surface area (Å²) in [5.41, 5.74) is 9.61. The molecule has 3 rings (SSSR count). The average molecular weight is 282 g/mol. The van der Waals surface area contributed by atoms with Gasteiger partial charge in [-0.3, -0.25) is 0 Å². The van der Waals surface area contributed by atoms with Gasteiger partial charge in [0.25, 0.3) is 0 Å². The molecule has 0 fully saturated rings. The van der Waals surface area contributed by atoms with Crippen LogP contribution in [-0.4, -0.2) is 12.1 Å². The molecule has 0 spiro atoms. The van der Waals surface area contributed by atoms with Crippen molar-refractivity contribution in [3.8, 4) is 27.6 Å². The van der Waals surface area contributed by atoms with Crippen molar-refractivity contribution < 1.29 is 4.74 Å². The van der Waals surface area contributed by atoms with Crippen molar-refractivity contribution in [2.45, 2.75) is 0 Å². The highest BCUT2D eigenvalue weighted by atomic mass is 32.1. The molecule has 0 saturated heterocycles. The van der Waals surface area contributed by atoms with Gasteiger partial charge in [-0.15, -0.1) is 11.3 Å². The lowest BCUT2D eigenvalue weighted by molar-refractivity contribution is 0.415. The van der Waals surface area contributed by atoms with E-state index in [9.17, 15) is 0 Å². The third-order valence-corrected chi connectivity index (χ3v) is 3.89. The van der Waals surface area contributed by atoms with Gasteiger partial charge in [0.05, 0.1) is 12.8 Å². The van der Waals surface area contributed by atoms with Crippen molar-refractivity contribution >= 4 is 17.0 Å².